The molecule has 0 unspecified atom stereocenters. The van der Waals surface area contributed by atoms with Gasteiger partial charge in [-0.05, 0) is 25.6 Å². The summed E-state index contributed by atoms with van der Waals surface area (Å²) in [5.74, 6) is 0.602. The second-order valence-electron chi connectivity index (χ2n) is 5.00. The van der Waals surface area contributed by atoms with Gasteiger partial charge in [-0.25, -0.2) is 9.37 Å². The summed E-state index contributed by atoms with van der Waals surface area (Å²) < 4.78 is 15.6. The summed E-state index contributed by atoms with van der Waals surface area (Å²) in [5.41, 5.74) is 1.44. The molecule has 1 aromatic heterocycles. The molecule has 6 heteroatoms. The van der Waals surface area contributed by atoms with Gasteiger partial charge >= 0.3 is 0 Å². The van der Waals surface area contributed by atoms with E-state index in [1.165, 1.54) is 6.07 Å². The third-order valence-electron chi connectivity index (χ3n) is 3.62. The predicted octanol–water partition coefficient (Wildman–Crippen LogP) is 4.30. The molecule has 0 saturated heterocycles. The van der Waals surface area contributed by atoms with Crippen molar-refractivity contribution in [2.75, 3.05) is 19.6 Å². The van der Waals surface area contributed by atoms with E-state index in [4.69, 9.17) is 23.2 Å². The smallest absolute Gasteiger partial charge is 0.144 e. The number of likely N-dealkylation sites (N-methyl/N-ethyl adjacent to an activating group) is 1. The summed E-state index contributed by atoms with van der Waals surface area (Å²) in [6, 6.07) is 3.00. The van der Waals surface area contributed by atoms with Gasteiger partial charge in [0.05, 0.1) is 21.9 Å². The first-order chi connectivity index (χ1) is 10.1. The van der Waals surface area contributed by atoms with Gasteiger partial charge in [-0.3, -0.25) is 0 Å². The highest BCUT2D eigenvalue weighted by molar-refractivity contribution is 6.31. The van der Waals surface area contributed by atoms with E-state index in [1.807, 2.05) is 4.57 Å². The fourth-order valence-electron chi connectivity index (χ4n) is 2.51. The van der Waals surface area contributed by atoms with Crippen molar-refractivity contribution in [2.24, 2.45) is 0 Å². The van der Waals surface area contributed by atoms with Crippen molar-refractivity contribution in [2.45, 2.75) is 32.7 Å². The Morgan fingerprint density at radius 2 is 2.05 bits per heavy atom. The van der Waals surface area contributed by atoms with Gasteiger partial charge < -0.3 is 9.47 Å². The molecule has 3 nitrogen and oxygen atoms in total. The Hall–Kier alpha value is -0.840. The Morgan fingerprint density at radius 3 is 2.67 bits per heavy atom. The van der Waals surface area contributed by atoms with E-state index in [-0.39, 0.29) is 5.02 Å². The molecule has 0 aliphatic rings. The van der Waals surface area contributed by atoms with Crippen molar-refractivity contribution < 1.29 is 4.39 Å². The molecule has 0 aliphatic heterocycles. The number of imidazole rings is 1. The van der Waals surface area contributed by atoms with Gasteiger partial charge in [-0.1, -0.05) is 25.4 Å². The van der Waals surface area contributed by atoms with E-state index in [0.29, 0.717) is 11.4 Å². The maximum absolute atomic E-state index is 13.5. The Morgan fingerprint density at radius 1 is 1.29 bits per heavy atom. The van der Waals surface area contributed by atoms with Gasteiger partial charge in [-0.2, -0.15) is 0 Å². The first kappa shape index (κ1) is 16.5. The van der Waals surface area contributed by atoms with Crippen molar-refractivity contribution in [3.63, 3.8) is 0 Å². The maximum atomic E-state index is 13.5. The minimum atomic E-state index is -0.448. The number of nitrogens with zero attached hydrogens (tertiary/aromatic N) is 3. The standard InChI is InChI=1S/C15H20Cl2FN3/c1-3-5-20(4-2)6-7-21-14-8-11(17)12(18)9-13(14)19-15(21)10-16/h8-9H,3-7,10H2,1-2H3. The predicted molar refractivity (Wildman–Crippen MR) is 86.7 cm³/mol. The van der Waals surface area contributed by atoms with E-state index in [1.54, 1.807) is 6.07 Å². The Kier molecular flexibility index (Phi) is 5.85. The van der Waals surface area contributed by atoms with Crippen LogP contribution in [0.1, 0.15) is 26.1 Å². The number of alkyl halides is 1. The summed E-state index contributed by atoms with van der Waals surface area (Å²) >= 11 is 11.9. The molecule has 0 bridgehead atoms. The Labute approximate surface area is 134 Å². The van der Waals surface area contributed by atoms with Gasteiger partial charge in [-0.15, -0.1) is 11.6 Å². The topological polar surface area (TPSA) is 21.1 Å². The first-order valence-electron chi connectivity index (χ1n) is 7.23. The highest BCUT2D eigenvalue weighted by Gasteiger charge is 2.13. The minimum Gasteiger partial charge on any atom is -0.326 e. The zero-order valence-corrected chi connectivity index (χ0v) is 13.9. The number of halogens is 3. The van der Waals surface area contributed by atoms with Crippen LogP contribution in [-0.2, 0) is 12.4 Å². The van der Waals surface area contributed by atoms with Crippen LogP contribution in [0.5, 0.6) is 0 Å². The number of aromatic nitrogens is 2. The fraction of sp³-hybridized carbons (Fsp3) is 0.533. The van der Waals surface area contributed by atoms with E-state index in [0.717, 1.165) is 43.9 Å². The van der Waals surface area contributed by atoms with Gasteiger partial charge in [0.2, 0.25) is 0 Å². The van der Waals surface area contributed by atoms with E-state index in [2.05, 4.69) is 23.7 Å². The Bertz CT molecular complexity index is 612. The molecule has 2 aromatic rings. The second-order valence-corrected chi connectivity index (χ2v) is 5.68. The summed E-state index contributed by atoms with van der Waals surface area (Å²) in [6.45, 7) is 8.07. The van der Waals surface area contributed by atoms with Crippen LogP contribution < -0.4 is 0 Å². The number of rotatable bonds is 7. The van der Waals surface area contributed by atoms with Crippen LogP contribution in [0.3, 0.4) is 0 Å². The second kappa shape index (κ2) is 7.43. The molecule has 116 valence electrons. The lowest BCUT2D eigenvalue weighted by atomic mass is 10.3. The molecular formula is C15H20Cl2FN3. The number of hydrogen-bond acceptors (Lipinski definition) is 2. The van der Waals surface area contributed by atoms with Crippen LogP contribution >= 0.6 is 23.2 Å². The zero-order chi connectivity index (χ0) is 15.4. The van der Waals surface area contributed by atoms with Crippen molar-refractivity contribution in [3.05, 3.63) is 28.8 Å². The lowest BCUT2D eigenvalue weighted by molar-refractivity contribution is 0.277. The summed E-state index contributed by atoms with van der Waals surface area (Å²) in [4.78, 5) is 6.77. The lowest BCUT2D eigenvalue weighted by Gasteiger charge is -2.20. The third-order valence-corrected chi connectivity index (χ3v) is 4.14. The molecule has 1 aromatic carbocycles. The van der Waals surface area contributed by atoms with Gasteiger partial charge in [0.15, 0.2) is 0 Å². The number of benzene rings is 1. The van der Waals surface area contributed by atoms with Crippen LogP contribution in [0.2, 0.25) is 5.02 Å². The first-order valence-corrected chi connectivity index (χ1v) is 8.14. The summed E-state index contributed by atoms with van der Waals surface area (Å²) in [7, 11) is 0. The molecule has 1 heterocycles. The molecule has 0 atom stereocenters. The van der Waals surface area contributed by atoms with Gasteiger partial charge in [0.1, 0.15) is 11.6 Å². The zero-order valence-electron chi connectivity index (χ0n) is 12.4. The van der Waals surface area contributed by atoms with Crippen molar-refractivity contribution in [1.29, 1.82) is 0 Å². The van der Waals surface area contributed by atoms with Crippen molar-refractivity contribution in [1.82, 2.24) is 14.5 Å². The molecule has 0 amide bonds. The largest absolute Gasteiger partial charge is 0.326 e. The van der Waals surface area contributed by atoms with E-state index >= 15 is 0 Å². The summed E-state index contributed by atoms with van der Waals surface area (Å²) in [5, 5.41) is 0.116. The number of hydrogen-bond donors (Lipinski definition) is 0. The minimum absolute atomic E-state index is 0.116. The Balaban J connectivity index is 2.30. The average Bonchev–Trinajstić information content (AvgIpc) is 2.81. The molecule has 0 saturated carbocycles. The highest BCUT2D eigenvalue weighted by atomic mass is 35.5. The average molecular weight is 332 g/mol. The van der Waals surface area contributed by atoms with E-state index < -0.39 is 5.82 Å². The number of fused-ring (bicyclic) bond motifs is 1. The molecular weight excluding hydrogens is 312 g/mol. The lowest BCUT2D eigenvalue weighted by Crippen LogP contribution is -2.28. The molecule has 0 spiro atoms. The van der Waals surface area contributed by atoms with E-state index in [9.17, 15) is 4.39 Å². The monoisotopic (exact) mass is 331 g/mol. The maximum Gasteiger partial charge on any atom is 0.144 e. The quantitative estimate of drug-likeness (QED) is 0.705. The van der Waals surface area contributed by atoms with Crippen molar-refractivity contribution >= 4 is 34.2 Å². The molecule has 2 rings (SSSR count). The van der Waals surface area contributed by atoms with Crippen molar-refractivity contribution in [3.8, 4) is 0 Å². The molecule has 0 radical (unpaired) electrons. The normalized spacial score (nSPS) is 11.7. The SMILES string of the molecule is CCCN(CC)CCn1c(CCl)nc2cc(F)c(Cl)cc21. The highest BCUT2D eigenvalue weighted by Crippen LogP contribution is 2.24. The van der Waals surface area contributed by atoms with Gasteiger partial charge in [0.25, 0.3) is 0 Å². The van der Waals surface area contributed by atoms with Crippen LogP contribution in [0.15, 0.2) is 12.1 Å². The van der Waals surface area contributed by atoms with Crippen LogP contribution in [0.4, 0.5) is 4.39 Å². The molecule has 0 N–H and O–H groups in total. The molecule has 0 aliphatic carbocycles. The molecule has 0 fully saturated rings. The third kappa shape index (κ3) is 3.68. The molecule has 21 heavy (non-hydrogen) atoms. The van der Waals surface area contributed by atoms with Crippen LogP contribution in [-0.4, -0.2) is 34.1 Å². The van der Waals surface area contributed by atoms with Gasteiger partial charge in [0, 0.05) is 19.2 Å². The fourth-order valence-corrected chi connectivity index (χ4v) is 2.87. The summed E-state index contributed by atoms with van der Waals surface area (Å²) in [6.07, 6.45) is 1.12. The van der Waals surface area contributed by atoms with Crippen LogP contribution in [0.25, 0.3) is 11.0 Å². The van der Waals surface area contributed by atoms with Crippen LogP contribution in [0, 0.1) is 5.82 Å².